The van der Waals surface area contributed by atoms with Gasteiger partial charge < -0.3 is 4.90 Å². The van der Waals surface area contributed by atoms with E-state index in [-0.39, 0.29) is 0 Å². The maximum Gasteiger partial charge on any atom is 0.0731 e. The molecule has 0 saturated carbocycles. The predicted octanol–water partition coefficient (Wildman–Crippen LogP) is 17.3. The molecule has 1 heteroatoms. The minimum absolute atomic E-state index is 0.395. The fourth-order valence-corrected chi connectivity index (χ4v) is 11.2. The standard InChI is InChI=1S/C65H43N/c1-2-14-44(15-3-1)46-32-38-51(39-33-46)66(53-42-36-49(37-43-53)55-22-12-17-48-16-4-5-18-54(48)55)52-40-34-47(35-41-52)45-28-30-50(31-29-45)56-23-13-24-60-59-21-8-11-27-63(59)65(64(56)60)61-25-9-6-19-57(61)58-20-7-10-26-62(58)65/h1-43H. The van der Waals surface area contributed by atoms with E-state index in [9.17, 15) is 0 Å². The van der Waals surface area contributed by atoms with Gasteiger partial charge in [-0.25, -0.2) is 0 Å². The van der Waals surface area contributed by atoms with Crippen LogP contribution in [-0.4, -0.2) is 0 Å². The Labute approximate surface area is 386 Å². The Morgan fingerprint density at radius 3 is 1.15 bits per heavy atom. The summed E-state index contributed by atoms with van der Waals surface area (Å²) in [6.07, 6.45) is 0. The van der Waals surface area contributed by atoms with E-state index in [1.165, 1.54) is 99.8 Å². The van der Waals surface area contributed by atoms with Crippen LogP contribution < -0.4 is 4.90 Å². The van der Waals surface area contributed by atoms with E-state index in [4.69, 9.17) is 0 Å². The third kappa shape index (κ3) is 5.87. The number of hydrogen-bond donors (Lipinski definition) is 0. The van der Waals surface area contributed by atoms with Gasteiger partial charge in [-0.2, -0.15) is 0 Å². The van der Waals surface area contributed by atoms with Crippen molar-refractivity contribution in [3.05, 3.63) is 283 Å². The number of rotatable bonds is 7. The first-order valence-electron chi connectivity index (χ1n) is 22.9. The third-order valence-corrected chi connectivity index (χ3v) is 14.1. The van der Waals surface area contributed by atoms with E-state index < -0.39 is 5.41 Å². The molecule has 0 unspecified atom stereocenters. The fraction of sp³-hybridized carbons (Fsp3) is 0.0154. The number of anilines is 3. The molecule has 13 rings (SSSR count). The Bertz CT molecular complexity index is 3530. The van der Waals surface area contributed by atoms with E-state index in [1.54, 1.807) is 0 Å². The van der Waals surface area contributed by atoms with Crippen molar-refractivity contribution in [2.45, 2.75) is 5.41 Å². The van der Waals surface area contributed by atoms with Crippen LogP contribution in [0.4, 0.5) is 17.1 Å². The molecule has 66 heavy (non-hydrogen) atoms. The lowest BCUT2D eigenvalue weighted by Crippen LogP contribution is -2.26. The molecule has 0 atom stereocenters. The minimum atomic E-state index is -0.395. The van der Waals surface area contributed by atoms with E-state index in [0.717, 1.165) is 17.1 Å². The van der Waals surface area contributed by atoms with Crippen LogP contribution in [0.5, 0.6) is 0 Å². The number of fused-ring (bicyclic) bond motifs is 11. The van der Waals surface area contributed by atoms with Crippen molar-refractivity contribution in [1.29, 1.82) is 0 Å². The van der Waals surface area contributed by atoms with Crippen LogP contribution >= 0.6 is 0 Å². The van der Waals surface area contributed by atoms with E-state index >= 15 is 0 Å². The molecular weight excluding hydrogens is 795 g/mol. The third-order valence-electron chi connectivity index (χ3n) is 14.1. The number of benzene rings is 11. The van der Waals surface area contributed by atoms with Crippen molar-refractivity contribution in [1.82, 2.24) is 0 Å². The minimum Gasteiger partial charge on any atom is -0.311 e. The summed E-state index contributed by atoms with van der Waals surface area (Å²) in [5, 5.41) is 2.51. The van der Waals surface area contributed by atoms with E-state index in [1.807, 2.05) is 0 Å². The van der Waals surface area contributed by atoms with Crippen molar-refractivity contribution in [3.63, 3.8) is 0 Å². The summed E-state index contributed by atoms with van der Waals surface area (Å²) in [5.41, 5.74) is 23.4. The van der Waals surface area contributed by atoms with Gasteiger partial charge in [0, 0.05) is 17.1 Å². The Morgan fingerprint density at radius 1 is 0.227 bits per heavy atom. The Balaban J connectivity index is 0.866. The predicted molar refractivity (Wildman–Crippen MR) is 277 cm³/mol. The lowest BCUT2D eigenvalue weighted by Gasteiger charge is -2.32. The van der Waals surface area contributed by atoms with Gasteiger partial charge in [-0.1, -0.05) is 224 Å². The van der Waals surface area contributed by atoms with Crippen LogP contribution in [0.15, 0.2) is 261 Å². The van der Waals surface area contributed by atoms with Crippen LogP contribution in [0.1, 0.15) is 22.3 Å². The fourth-order valence-electron chi connectivity index (χ4n) is 11.2. The van der Waals surface area contributed by atoms with Crippen molar-refractivity contribution >= 4 is 27.8 Å². The second-order valence-electron chi connectivity index (χ2n) is 17.6. The molecule has 11 aromatic rings. The van der Waals surface area contributed by atoms with Crippen molar-refractivity contribution in [3.8, 4) is 66.8 Å². The zero-order valence-corrected chi connectivity index (χ0v) is 36.3. The molecule has 0 fully saturated rings. The molecule has 0 aromatic heterocycles. The topological polar surface area (TPSA) is 3.24 Å². The largest absolute Gasteiger partial charge is 0.311 e. The van der Waals surface area contributed by atoms with E-state index in [0.29, 0.717) is 0 Å². The molecule has 0 saturated heterocycles. The molecule has 1 spiro atoms. The zero-order valence-electron chi connectivity index (χ0n) is 36.3. The highest BCUT2D eigenvalue weighted by Crippen LogP contribution is 2.64. The van der Waals surface area contributed by atoms with Gasteiger partial charge in [-0.3, -0.25) is 0 Å². The lowest BCUT2D eigenvalue weighted by molar-refractivity contribution is 0.796. The molecule has 0 aliphatic heterocycles. The molecule has 1 nitrogen and oxygen atoms in total. The molecule has 0 bridgehead atoms. The lowest BCUT2D eigenvalue weighted by atomic mass is 9.68. The van der Waals surface area contributed by atoms with Gasteiger partial charge in [-0.05, 0) is 136 Å². The van der Waals surface area contributed by atoms with Gasteiger partial charge in [0.1, 0.15) is 0 Å². The van der Waals surface area contributed by atoms with Gasteiger partial charge in [0.2, 0.25) is 0 Å². The highest BCUT2D eigenvalue weighted by atomic mass is 15.1. The van der Waals surface area contributed by atoms with Crippen LogP contribution in [0.2, 0.25) is 0 Å². The zero-order chi connectivity index (χ0) is 43.6. The highest BCUT2D eigenvalue weighted by Gasteiger charge is 2.52. The Morgan fingerprint density at radius 2 is 0.576 bits per heavy atom. The molecule has 0 radical (unpaired) electrons. The van der Waals surface area contributed by atoms with Crippen molar-refractivity contribution < 1.29 is 0 Å². The quantitative estimate of drug-likeness (QED) is 0.155. The van der Waals surface area contributed by atoms with Crippen LogP contribution in [-0.2, 0) is 5.41 Å². The summed E-state index contributed by atoms with van der Waals surface area (Å²) in [6, 6.07) is 96.0. The van der Waals surface area contributed by atoms with Gasteiger partial charge in [0.05, 0.1) is 5.41 Å². The maximum atomic E-state index is 2.36. The van der Waals surface area contributed by atoms with Crippen LogP contribution in [0, 0.1) is 0 Å². The SMILES string of the molecule is c1ccc(-c2ccc(N(c3ccc(-c4ccc(-c5cccc6c5C5(c7ccccc7-c7ccccc75)c5ccccc5-6)cc4)cc3)c3ccc(-c4cccc5ccccc45)cc3)cc2)cc1. The van der Waals surface area contributed by atoms with Gasteiger partial charge in [0.25, 0.3) is 0 Å². The van der Waals surface area contributed by atoms with Crippen LogP contribution in [0.3, 0.4) is 0 Å². The van der Waals surface area contributed by atoms with Gasteiger partial charge in [-0.15, -0.1) is 0 Å². The van der Waals surface area contributed by atoms with Gasteiger partial charge in [0.15, 0.2) is 0 Å². The first-order valence-corrected chi connectivity index (χ1v) is 22.9. The summed E-state index contributed by atoms with van der Waals surface area (Å²) < 4.78 is 0. The molecule has 11 aromatic carbocycles. The number of hydrogen-bond acceptors (Lipinski definition) is 1. The van der Waals surface area contributed by atoms with Crippen molar-refractivity contribution in [2.75, 3.05) is 4.90 Å². The average Bonchev–Trinajstić information content (AvgIpc) is 3.87. The normalized spacial score (nSPS) is 12.7. The maximum absolute atomic E-state index is 2.36. The van der Waals surface area contributed by atoms with Gasteiger partial charge >= 0.3 is 0 Å². The Kier molecular flexibility index (Phi) is 8.82. The summed E-state index contributed by atoms with van der Waals surface area (Å²) in [6.45, 7) is 0. The molecule has 0 N–H and O–H groups in total. The highest BCUT2D eigenvalue weighted by molar-refractivity contribution is 5.99. The number of nitrogens with zero attached hydrogens (tertiary/aromatic N) is 1. The van der Waals surface area contributed by atoms with Crippen LogP contribution in [0.25, 0.3) is 77.5 Å². The molecule has 0 amide bonds. The first-order chi connectivity index (χ1) is 32.7. The molecule has 308 valence electrons. The smallest absolute Gasteiger partial charge is 0.0731 e. The van der Waals surface area contributed by atoms with Crippen molar-refractivity contribution in [2.24, 2.45) is 0 Å². The molecule has 0 heterocycles. The molecule has 2 aliphatic carbocycles. The first kappa shape index (κ1) is 38.0. The molecule has 2 aliphatic rings. The monoisotopic (exact) mass is 837 g/mol. The summed E-state index contributed by atoms with van der Waals surface area (Å²) >= 11 is 0. The molecular formula is C65H43N. The summed E-state index contributed by atoms with van der Waals surface area (Å²) in [7, 11) is 0. The Hall–Kier alpha value is -8.52. The van der Waals surface area contributed by atoms with E-state index in [2.05, 4.69) is 266 Å². The summed E-state index contributed by atoms with van der Waals surface area (Å²) in [4.78, 5) is 2.36. The second-order valence-corrected chi connectivity index (χ2v) is 17.6. The average molecular weight is 838 g/mol. The second kappa shape index (κ2) is 15.3. The summed E-state index contributed by atoms with van der Waals surface area (Å²) in [5.74, 6) is 0.